The first kappa shape index (κ1) is 15.3. The van der Waals surface area contributed by atoms with Crippen molar-refractivity contribution >= 4 is 11.5 Å². The Morgan fingerprint density at radius 3 is 1.89 bits per heavy atom. The summed E-state index contributed by atoms with van der Waals surface area (Å²) in [6, 6.07) is 4.12. The summed E-state index contributed by atoms with van der Waals surface area (Å²) in [7, 11) is 0. The highest BCUT2D eigenvalue weighted by Gasteiger charge is 2.30. The third-order valence-electron chi connectivity index (χ3n) is 2.33. The van der Waals surface area contributed by atoms with Gasteiger partial charge in [-0.1, -0.05) is 39.0 Å². The number of carbonyl (C=O) groups is 1. The van der Waals surface area contributed by atoms with Gasteiger partial charge in [-0.2, -0.15) is 13.2 Å². The Kier molecular flexibility index (Phi) is 4.08. The fraction of sp³-hybridized carbons (Fsp3) is 0.357. The maximum atomic E-state index is 12.4. The monoisotopic (exact) mass is 272 g/mol. The molecule has 0 aliphatic rings. The Morgan fingerprint density at radius 2 is 1.58 bits per heavy atom. The van der Waals surface area contributed by atoms with Crippen molar-refractivity contribution < 1.29 is 23.1 Å². The zero-order valence-electron chi connectivity index (χ0n) is 10.9. The highest BCUT2D eigenvalue weighted by atomic mass is 19.4. The third-order valence-corrected chi connectivity index (χ3v) is 2.33. The van der Waals surface area contributed by atoms with E-state index in [4.69, 9.17) is 5.11 Å². The summed E-state index contributed by atoms with van der Waals surface area (Å²) in [6.45, 7) is 5.46. The van der Waals surface area contributed by atoms with Gasteiger partial charge in [0.1, 0.15) is 0 Å². The number of rotatable bonds is 2. The molecule has 2 nitrogen and oxygen atoms in total. The van der Waals surface area contributed by atoms with E-state index in [1.807, 2.05) is 20.8 Å². The molecule has 0 aliphatic carbocycles. The molecule has 1 aromatic carbocycles. The molecule has 0 heterocycles. The first-order valence-electron chi connectivity index (χ1n) is 5.64. The molecule has 5 heteroatoms. The molecule has 0 atom stereocenters. The van der Waals surface area contributed by atoms with E-state index in [-0.39, 0.29) is 16.6 Å². The van der Waals surface area contributed by atoms with Crippen LogP contribution in [-0.4, -0.2) is 11.1 Å². The van der Waals surface area contributed by atoms with E-state index in [1.54, 1.807) is 0 Å². The maximum Gasteiger partial charge on any atom is 0.416 e. The van der Waals surface area contributed by atoms with Crippen LogP contribution in [-0.2, 0) is 11.0 Å². The van der Waals surface area contributed by atoms with Crippen LogP contribution < -0.4 is 0 Å². The van der Waals surface area contributed by atoms with Crippen molar-refractivity contribution in [2.45, 2.75) is 26.9 Å². The van der Waals surface area contributed by atoms with E-state index in [0.29, 0.717) is 0 Å². The molecule has 0 aliphatic heterocycles. The van der Waals surface area contributed by atoms with Gasteiger partial charge < -0.3 is 5.11 Å². The van der Waals surface area contributed by atoms with E-state index in [9.17, 15) is 18.0 Å². The van der Waals surface area contributed by atoms with Gasteiger partial charge in [-0.05, 0) is 23.1 Å². The molecule has 1 N–H and O–H groups in total. The van der Waals surface area contributed by atoms with Gasteiger partial charge in [-0.15, -0.1) is 0 Å². The third kappa shape index (κ3) is 4.43. The number of allylic oxidation sites excluding steroid dienone is 1. The van der Waals surface area contributed by atoms with Crippen molar-refractivity contribution in [1.29, 1.82) is 0 Å². The molecule has 0 spiro atoms. The molecule has 1 aromatic rings. The minimum Gasteiger partial charge on any atom is -0.478 e. The molecule has 0 radical (unpaired) electrons. The smallest absolute Gasteiger partial charge is 0.416 e. The fourth-order valence-corrected chi connectivity index (χ4v) is 1.54. The van der Waals surface area contributed by atoms with E-state index in [0.717, 1.165) is 12.1 Å². The van der Waals surface area contributed by atoms with Gasteiger partial charge in [-0.25, -0.2) is 4.79 Å². The summed E-state index contributed by atoms with van der Waals surface area (Å²) in [6.07, 6.45) is -2.90. The van der Waals surface area contributed by atoms with Crippen molar-refractivity contribution in [3.05, 3.63) is 41.5 Å². The van der Waals surface area contributed by atoms with E-state index in [2.05, 4.69) is 0 Å². The van der Waals surface area contributed by atoms with Crippen LogP contribution in [0.2, 0.25) is 0 Å². The Bertz CT molecular complexity index is 491. The van der Waals surface area contributed by atoms with Crippen LogP contribution in [0.5, 0.6) is 0 Å². The number of halogens is 3. The molecule has 0 fully saturated rings. The molecular formula is C14H15F3O2. The Labute approximate surface area is 109 Å². The van der Waals surface area contributed by atoms with Crippen LogP contribution in [0.3, 0.4) is 0 Å². The van der Waals surface area contributed by atoms with Crippen LogP contribution in [0, 0.1) is 5.41 Å². The SMILES string of the molecule is CC(C)(C)C=C(C(=O)O)c1ccc(C(F)(F)F)cc1. The summed E-state index contributed by atoms with van der Waals surface area (Å²) < 4.78 is 37.3. The lowest BCUT2D eigenvalue weighted by atomic mass is 9.91. The second kappa shape index (κ2) is 5.07. The van der Waals surface area contributed by atoms with Crippen molar-refractivity contribution in [2.75, 3.05) is 0 Å². The Hall–Kier alpha value is -1.78. The highest BCUT2D eigenvalue weighted by Crippen LogP contribution is 2.31. The summed E-state index contributed by atoms with van der Waals surface area (Å²) >= 11 is 0. The van der Waals surface area contributed by atoms with Gasteiger partial charge in [0.15, 0.2) is 0 Å². The van der Waals surface area contributed by atoms with Gasteiger partial charge in [0.25, 0.3) is 0 Å². The van der Waals surface area contributed by atoms with Gasteiger partial charge in [0.05, 0.1) is 11.1 Å². The lowest BCUT2D eigenvalue weighted by Gasteiger charge is -2.15. The molecule has 19 heavy (non-hydrogen) atoms. The predicted molar refractivity (Wildman–Crippen MR) is 66.5 cm³/mol. The number of hydrogen-bond acceptors (Lipinski definition) is 1. The van der Waals surface area contributed by atoms with Crippen LogP contribution in [0.25, 0.3) is 5.57 Å². The largest absolute Gasteiger partial charge is 0.478 e. The molecule has 0 aromatic heterocycles. The normalized spacial score (nSPS) is 13.5. The molecule has 1 rings (SSSR count). The molecule has 0 unspecified atom stereocenters. The van der Waals surface area contributed by atoms with Crippen LogP contribution in [0.4, 0.5) is 13.2 Å². The topological polar surface area (TPSA) is 37.3 Å². The van der Waals surface area contributed by atoms with E-state index < -0.39 is 17.7 Å². The number of carboxylic acid groups (broad SMARTS) is 1. The molecule has 0 saturated carbocycles. The molecule has 0 saturated heterocycles. The number of alkyl halides is 3. The molecule has 104 valence electrons. The minimum absolute atomic E-state index is 0.00113. The average Bonchev–Trinajstić information content (AvgIpc) is 2.23. The number of aliphatic carboxylic acids is 1. The zero-order valence-corrected chi connectivity index (χ0v) is 10.9. The van der Waals surface area contributed by atoms with Crippen molar-refractivity contribution in [3.63, 3.8) is 0 Å². The zero-order chi connectivity index (χ0) is 14.8. The van der Waals surface area contributed by atoms with Gasteiger partial charge >= 0.3 is 12.1 Å². The minimum atomic E-state index is -4.42. The van der Waals surface area contributed by atoms with Crippen molar-refractivity contribution in [3.8, 4) is 0 Å². The number of carboxylic acids is 1. The summed E-state index contributed by atoms with van der Waals surface area (Å²) in [5.74, 6) is -1.16. The summed E-state index contributed by atoms with van der Waals surface area (Å²) in [5.41, 5.74) is -0.912. The van der Waals surface area contributed by atoms with Crippen molar-refractivity contribution in [2.24, 2.45) is 5.41 Å². The van der Waals surface area contributed by atoms with Gasteiger partial charge in [-0.3, -0.25) is 0 Å². The molecule has 0 bridgehead atoms. The van der Waals surface area contributed by atoms with Crippen LogP contribution in [0.15, 0.2) is 30.3 Å². The predicted octanol–water partition coefficient (Wildman–Crippen LogP) is 4.22. The second-order valence-corrected chi connectivity index (χ2v) is 5.30. The maximum absolute atomic E-state index is 12.4. The van der Waals surface area contributed by atoms with Crippen molar-refractivity contribution in [1.82, 2.24) is 0 Å². The lowest BCUT2D eigenvalue weighted by molar-refractivity contribution is -0.137. The van der Waals surface area contributed by atoms with Crippen LogP contribution in [0.1, 0.15) is 31.9 Å². The van der Waals surface area contributed by atoms with Gasteiger partial charge in [0.2, 0.25) is 0 Å². The van der Waals surface area contributed by atoms with E-state index in [1.165, 1.54) is 18.2 Å². The second-order valence-electron chi connectivity index (χ2n) is 5.30. The average molecular weight is 272 g/mol. The van der Waals surface area contributed by atoms with E-state index >= 15 is 0 Å². The fourth-order valence-electron chi connectivity index (χ4n) is 1.54. The number of benzene rings is 1. The quantitative estimate of drug-likeness (QED) is 0.818. The first-order valence-corrected chi connectivity index (χ1v) is 5.64. The van der Waals surface area contributed by atoms with Gasteiger partial charge in [0, 0.05) is 0 Å². The summed E-state index contributed by atoms with van der Waals surface area (Å²) in [4.78, 5) is 11.2. The summed E-state index contributed by atoms with van der Waals surface area (Å²) in [5, 5.41) is 9.13. The lowest BCUT2D eigenvalue weighted by Crippen LogP contribution is -2.08. The van der Waals surface area contributed by atoms with Crippen LogP contribution >= 0.6 is 0 Å². The Morgan fingerprint density at radius 1 is 1.11 bits per heavy atom. The number of hydrogen-bond donors (Lipinski definition) is 1. The Balaban J connectivity index is 3.21. The first-order chi connectivity index (χ1) is 8.50. The molecular weight excluding hydrogens is 257 g/mol. The standard InChI is InChI=1S/C14H15F3O2/c1-13(2,3)8-11(12(18)19)9-4-6-10(7-5-9)14(15,16)17/h4-8H,1-3H3,(H,18,19). The molecule has 0 amide bonds. The highest BCUT2D eigenvalue weighted by molar-refractivity contribution is 6.15.